The molecular formula is C9H11FN2O4. The number of benzene rings is 1. The summed E-state index contributed by atoms with van der Waals surface area (Å²) in [5.74, 6) is -2.42. The van der Waals surface area contributed by atoms with Crippen molar-refractivity contribution in [1.82, 2.24) is 0 Å². The number of aliphatic hydroxyl groups is 2. The van der Waals surface area contributed by atoms with E-state index in [0.29, 0.717) is 0 Å². The average molecular weight is 230 g/mol. The Bertz CT molecular complexity index is 424. The number of nitrogen functional groups attached to an aromatic ring is 2. The number of rotatable bonds is 3. The Hall–Kier alpha value is -1.86. The van der Waals surface area contributed by atoms with E-state index in [4.69, 9.17) is 21.7 Å². The van der Waals surface area contributed by atoms with Gasteiger partial charge in [-0.1, -0.05) is 0 Å². The van der Waals surface area contributed by atoms with Gasteiger partial charge in [0.25, 0.3) is 0 Å². The number of anilines is 2. The highest BCUT2D eigenvalue weighted by Crippen LogP contribution is 2.29. The SMILES string of the molecule is Nc1cc(F)cc(C(O)C(O)C(=O)O)c1N. The van der Waals surface area contributed by atoms with E-state index in [-0.39, 0.29) is 16.9 Å². The van der Waals surface area contributed by atoms with Gasteiger partial charge in [-0.2, -0.15) is 0 Å². The van der Waals surface area contributed by atoms with Crippen molar-refractivity contribution in [3.8, 4) is 0 Å². The summed E-state index contributed by atoms with van der Waals surface area (Å²) in [6.07, 6.45) is -3.93. The predicted molar refractivity (Wildman–Crippen MR) is 53.8 cm³/mol. The van der Waals surface area contributed by atoms with Crippen molar-refractivity contribution in [2.75, 3.05) is 11.5 Å². The first-order chi connectivity index (χ1) is 7.34. The average Bonchev–Trinajstić information content (AvgIpc) is 2.21. The van der Waals surface area contributed by atoms with Crippen LogP contribution in [0.15, 0.2) is 12.1 Å². The van der Waals surface area contributed by atoms with Gasteiger partial charge in [-0.05, 0) is 12.1 Å². The van der Waals surface area contributed by atoms with Crippen LogP contribution in [0.2, 0.25) is 0 Å². The molecule has 2 unspecified atom stereocenters. The lowest BCUT2D eigenvalue weighted by Gasteiger charge is -2.17. The molecule has 0 radical (unpaired) electrons. The lowest BCUT2D eigenvalue weighted by molar-refractivity contribution is -0.153. The Morgan fingerprint density at radius 3 is 2.38 bits per heavy atom. The van der Waals surface area contributed by atoms with Crippen molar-refractivity contribution in [3.63, 3.8) is 0 Å². The molecule has 6 nitrogen and oxygen atoms in total. The molecule has 0 saturated carbocycles. The number of aliphatic hydroxyl groups excluding tert-OH is 2. The van der Waals surface area contributed by atoms with Gasteiger partial charge >= 0.3 is 5.97 Å². The highest BCUT2D eigenvalue weighted by molar-refractivity contribution is 5.75. The molecule has 0 fully saturated rings. The fourth-order valence-corrected chi connectivity index (χ4v) is 1.21. The van der Waals surface area contributed by atoms with E-state index in [9.17, 15) is 14.3 Å². The largest absolute Gasteiger partial charge is 0.479 e. The molecule has 7 N–H and O–H groups in total. The fourth-order valence-electron chi connectivity index (χ4n) is 1.21. The zero-order valence-corrected chi connectivity index (χ0v) is 8.09. The summed E-state index contributed by atoms with van der Waals surface area (Å²) in [5.41, 5.74) is 10.2. The molecule has 1 aromatic carbocycles. The Morgan fingerprint density at radius 1 is 1.31 bits per heavy atom. The summed E-state index contributed by atoms with van der Waals surface area (Å²) in [4.78, 5) is 10.4. The smallest absolute Gasteiger partial charge is 0.335 e. The third-order valence-electron chi connectivity index (χ3n) is 2.08. The molecule has 0 spiro atoms. The summed E-state index contributed by atoms with van der Waals surface area (Å²) < 4.78 is 13.0. The molecule has 1 rings (SSSR count). The van der Waals surface area contributed by atoms with Gasteiger partial charge in [0.15, 0.2) is 6.10 Å². The van der Waals surface area contributed by atoms with E-state index >= 15 is 0 Å². The van der Waals surface area contributed by atoms with Gasteiger partial charge in [0, 0.05) is 5.56 Å². The summed E-state index contributed by atoms with van der Waals surface area (Å²) >= 11 is 0. The third kappa shape index (κ3) is 2.20. The molecule has 0 aliphatic carbocycles. The summed E-state index contributed by atoms with van der Waals surface area (Å²) in [7, 11) is 0. The minimum Gasteiger partial charge on any atom is -0.479 e. The van der Waals surface area contributed by atoms with Crippen molar-refractivity contribution >= 4 is 17.3 Å². The monoisotopic (exact) mass is 230 g/mol. The first-order valence-electron chi connectivity index (χ1n) is 4.28. The molecule has 0 aliphatic heterocycles. The van der Waals surface area contributed by atoms with Crippen LogP contribution in [-0.2, 0) is 4.79 Å². The Kier molecular flexibility index (Phi) is 3.31. The summed E-state index contributed by atoms with van der Waals surface area (Å²) in [6.45, 7) is 0. The maximum atomic E-state index is 13.0. The molecule has 0 aliphatic rings. The summed E-state index contributed by atoms with van der Waals surface area (Å²) in [6, 6.07) is 1.75. The minimum atomic E-state index is -2.09. The number of carbonyl (C=O) groups is 1. The zero-order chi connectivity index (χ0) is 12.5. The lowest BCUT2D eigenvalue weighted by Crippen LogP contribution is -2.28. The summed E-state index contributed by atoms with van der Waals surface area (Å²) in [5, 5.41) is 27.0. The number of nitrogens with two attached hydrogens (primary N) is 2. The van der Waals surface area contributed by atoms with Crippen LogP contribution in [0.4, 0.5) is 15.8 Å². The molecule has 0 amide bonds. The van der Waals surface area contributed by atoms with Crippen LogP contribution in [0.25, 0.3) is 0 Å². The number of hydrogen-bond acceptors (Lipinski definition) is 5. The van der Waals surface area contributed by atoms with Crippen LogP contribution in [0.5, 0.6) is 0 Å². The van der Waals surface area contributed by atoms with Crippen molar-refractivity contribution < 1.29 is 24.5 Å². The van der Waals surface area contributed by atoms with Crippen LogP contribution in [0.3, 0.4) is 0 Å². The van der Waals surface area contributed by atoms with Crippen molar-refractivity contribution in [3.05, 3.63) is 23.5 Å². The minimum absolute atomic E-state index is 0.133. The molecule has 0 heterocycles. The maximum absolute atomic E-state index is 13.0. The van der Waals surface area contributed by atoms with Crippen LogP contribution in [0, 0.1) is 5.82 Å². The van der Waals surface area contributed by atoms with Crippen LogP contribution < -0.4 is 11.5 Å². The van der Waals surface area contributed by atoms with Gasteiger partial charge in [0.1, 0.15) is 11.9 Å². The maximum Gasteiger partial charge on any atom is 0.335 e. The van der Waals surface area contributed by atoms with E-state index in [1.807, 2.05) is 0 Å². The Labute approximate surface area is 89.9 Å². The van der Waals surface area contributed by atoms with Gasteiger partial charge in [0.05, 0.1) is 11.4 Å². The lowest BCUT2D eigenvalue weighted by atomic mass is 10.0. The predicted octanol–water partition coefficient (Wildman–Crippen LogP) is -0.531. The van der Waals surface area contributed by atoms with Crippen molar-refractivity contribution in [2.45, 2.75) is 12.2 Å². The number of aliphatic carboxylic acids is 1. The second-order valence-electron chi connectivity index (χ2n) is 3.23. The van der Waals surface area contributed by atoms with E-state index < -0.39 is 24.0 Å². The first-order valence-corrected chi connectivity index (χ1v) is 4.28. The molecule has 2 atom stereocenters. The molecule has 7 heteroatoms. The molecule has 0 aromatic heterocycles. The van der Waals surface area contributed by atoms with E-state index in [0.717, 1.165) is 12.1 Å². The second-order valence-corrected chi connectivity index (χ2v) is 3.23. The molecule has 88 valence electrons. The van der Waals surface area contributed by atoms with Gasteiger partial charge in [-0.15, -0.1) is 0 Å². The molecule has 0 saturated heterocycles. The number of hydrogen-bond donors (Lipinski definition) is 5. The van der Waals surface area contributed by atoms with Gasteiger partial charge in [0.2, 0.25) is 0 Å². The first kappa shape index (κ1) is 12.2. The molecule has 16 heavy (non-hydrogen) atoms. The normalized spacial score (nSPS) is 14.4. The number of carboxylic acids is 1. The molecular weight excluding hydrogens is 219 g/mol. The zero-order valence-electron chi connectivity index (χ0n) is 8.09. The van der Waals surface area contributed by atoms with Crippen LogP contribution in [-0.4, -0.2) is 27.4 Å². The Balaban J connectivity index is 3.17. The number of halogens is 1. The van der Waals surface area contributed by atoms with Crippen LogP contribution >= 0.6 is 0 Å². The van der Waals surface area contributed by atoms with E-state index in [2.05, 4.69) is 0 Å². The Morgan fingerprint density at radius 2 is 1.88 bits per heavy atom. The molecule has 0 bridgehead atoms. The van der Waals surface area contributed by atoms with Gasteiger partial charge < -0.3 is 26.8 Å². The highest BCUT2D eigenvalue weighted by Gasteiger charge is 2.27. The molecule has 1 aromatic rings. The quantitative estimate of drug-likeness (QED) is 0.444. The van der Waals surface area contributed by atoms with E-state index in [1.54, 1.807) is 0 Å². The van der Waals surface area contributed by atoms with Gasteiger partial charge in [-0.3, -0.25) is 0 Å². The third-order valence-corrected chi connectivity index (χ3v) is 2.08. The van der Waals surface area contributed by atoms with Crippen molar-refractivity contribution in [2.24, 2.45) is 0 Å². The van der Waals surface area contributed by atoms with Gasteiger partial charge in [-0.25, -0.2) is 9.18 Å². The fraction of sp³-hybridized carbons (Fsp3) is 0.222. The number of carboxylic acid groups (broad SMARTS) is 1. The van der Waals surface area contributed by atoms with Crippen molar-refractivity contribution in [1.29, 1.82) is 0 Å². The van der Waals surface area contributed by atoms with Crippen LogP contribution in [0.1, 0.15) is 11.7 Å². The standard InChI is InChI=1S/C9H11FN2O4/c10-3-1-4(6(12)5(11)2-3)7(13)8(14)9(15)16/h1-2,7-8,13-14H,11-12H2,(H,15,16). The highest BCUT2D eigenvalue weighted by atomic mass is 19.1. The topological polar surface area (TPSA) is 130 Å². The second kappa shape index (κ2) is 4.33. The van der Waals surface area contributed by atoms with E-state index in [1.165, 1.54) is 0 Å².